The quantitative estimate of drug-likeness (QED) is 0.365. The molecular weight excluding hydrogens is 159 g/mol. The monoisotopic (exact) mass is 170 g/mol. The normalized spacial score (nSPS) is 8.78. The Kier molecular flexibility index (Phi) is 11.1. The first-order valence-corrected chi connectivity index (χ1v) is 3.23. The van der Waals surface area contributed by atoms with Gasteiger partial charge in [0.25, 0.3) is 0 Å². The van der Waals surface area contributed by atoms with Gasteiger partial charge >= 0.3 is 51.4 Å². The molecule has 0 atom stereocenters. The molecule has 0 spiro atoms. The van der Waals surface area contributed by atoms with Crippen LogP contribution in [0, 0.1) is 5.92 Å². The summed E-state index contributed by atoms with van der Waals surface area (Å²) in [5, 5.41) is 10.1. The Hall–Kier alpha value is 1.53. The minimum Gasteiger partial charge on any atom is -0.867 e. The van der Waals surface area contributed by atoms with Crippen molar-refractivity contribution in [3.63, 3.8) is 0 Å². The van der Waals surface area contributed by atoms with Gasteiger partial charge in [0.1, 0.15) is 0 Å². The van der Waals surface area contributed by atoms with Crippen molar-refractivity contribution in [3.8, 4) is 0 Å². The molecule has 0 aliphatic carbocycles. The van der Waals surface area contributed by atoms with E-state index in [4.69, 9.17) is 0 Å². The van der Waals surface area contributed by atoms with Crippen molar-refractivity contribution in [2.45, 2.75) is 26.7 Å². The van der Waals surface area contributed by atoms with Gasteiger partial charge in [-0.25, -0.2) is 0 Å². The van der Waals surface area contributed by atoms with Crippen LogP contribution in [-0.2, 0) is 0 Å². The summed E-state index contributed by atoms with van der Waals surface area (Å²) in [5.74, 6) is 0.599. The summed E-state index contributed by atoms with van der Waals surface area (Å²) in [6.07, 6.45) is 1.50. The van der Waals surface area contributed by atoms with Crippen LogP contribution in [0.2, 0.25) is 0 Å². The predicted octanol–water partition coefficient (Wildman–Crippen LogP) is -1.89. The molecule has 0 aliphatic heterocycles. The van der Waals surface area contributed by atoms with Gasteiger partial charge < -0.3 is 5.11 Å². The molecule has 3 heteroatoms. The summed E-state index contributed by atoms with van der Waals surface area (Å²) in [7, 11) is 0. The van der Waals surface area contributed by atoms with E-state index in [9.17, 15) is 5.11 Å². The fourth-order valence-electron chi connectivity index (χ4n) is 0.407. The van der Waals surface area contributed by atoms with Gasteiger partial charge in [-0.05, 0) is 18.8 Å². The maximum atomic E-state index is 10.2. The SMILES string of the molecule is CC(C)CCC([O-])=S.[K+]. The van der Waals surface area contributed by atoms with Gasteiger partial charge in [0, 0.05) is 0 Å². The molecule has 0 radical (unpaired) electrons. The fourth-order valence-corrected chi connectivity index (χ4v) is 0.524. The van der Waals surface area contributed by atoms with E-state index in [0.717, 1.165) is 6.42 Å². The Morgan fingerprint density at radius 1 is 1.56 bits per heavy atom. The van der Waals surface area contributed by atoms with Crippen LogP contribution in [-0.4, -0.2) is 5.05 Å². The van der Waals surface area contributed by atoms with Crippen LogP contribution >= 0.6 is 12.2 Å². The van der Waals surface area contributed by atoms with Crippen molar-refractivity contribution < 1.29 is 56.5 Å². The zero-order chi connectivity index (χ0) is 6.57. The molecule has 0 amide bonds. The Bertz CT molecular complexity index is 83.1. The second-order valence-electron chi connectivity index (χ2n) is 2.30. The smallest absolute Gasteiger partial charge is 0.867 e. The van der Waals surface area contributed by atoms with Gasteiger partial charge in [0.15, 0.2) is 0 Å². The van der Waals surface area contributed by atoms with Crippen LogP contribution in [0.25, 0.3) is 0 Å². The van der Waals surface area contributed by atoms with E-state index in [1.165, 1.54) is 0 Å². The average molecular weight is 170 g/mol. The average Bonchev–Trinajstić information content (AvgIpc) is 1.61. The molecule has 0 fully saturated rings. The summed E-state index contributed by atoms with van der Waals surface area (Å²) in [4.78, 5) is 0. The maximum Gasteiger partial charge on any atom is 1.00 e. The third-order valence-electron chi connectivity index (χ3n) is 0.926. The summed E-state index contributed by atoms with van der Waals surface area (Å²) in [5.41, 5.74) is 0. The van der Waals surface area contributed by atoms with Crippen molar-refractivity contribution in [1.29, 1.82) is 0 Å². The van der Waals surface area contributed by atoms with E-state index in [1.54, 1.807) is 0 Å². The molecule has 9 heavy (non-hydrogen) atoms. The molecule has 0 aromatic rings. The fraction of sp³-hybridized carbons (Fsp3) is 0.833. The molecule has 1 nitrogen and oxygen atoms in total. The van der Waals surface area contributed by atoms with Crippen LogP contribution in [0.3, 0.4) is 0 Å². The molecule has 48 valence electrons. The van der Waals surface area contributed by atoms with Crippen molar-refractivity contribution in [3.05, 3.63) is 0 Å². The molecule has 0 unspecified atom stereocenters. The maximum absolute atomic E-state index is 10.2. The summed E-state index contributed by atoms with van der Waals surface area (Å²) in [6.45, 7) is 4.16. The van der Waals surface area contributed by atoms with Crippen LogP contribution in [0.1, 0.15) is 26.7 Å². The van der Waals surface area contributed by atoms with E-state index in [0.29, 0.717) is 12.3 Å². The Morgan fingerprint density at radius 3 is 2.11 bits per heavy atom. The number of thiocarbonyl (C=S) groups is 1. The molecule has 0 heterocycles. The van der Waals surface area contributed by atoms with Crippen molar-refractivity contribution in [1.82, 2.24) is 0 Å². The van der Waals surface area contributed by atoms with Crippen molar-refractivity contribution in [2.75, 3.05) is 0 Å². The predicted molar refractivity (Wildman–Crippen MR) is 36.7 cm³/mol. The largest absolute Gasteiger partial charge is 1.00 e. The first-order valence-electron chi connectivity index (χ1n) is 2.82. The second-order valence-corrected chi connectivity index (χ2v) is 2.76. The summed E-state index contributed by atoms with van der Waals surface area (Å²) in [6, 6.07) is 0. The van der Waals surface area contributed by atoms with Crippen LogP contribution in [0.15, 0.2) is 0 Å². The van der Waals surface area contributed by atoms with Crippen LogP contribution in [0.4, 0.5) is 0 Å². The Labute approximate surface area is 105 Å². The van der Waals surface area contributed by atoms with E-state index >= 15 is 0 Å². The zero-order valence-electron chi connectivity index (χ0n) is 6.31. The number of rotatable bonds is 3. The van der Waals surface area contributed by atoms with Gasteiger partial charge in [-0.3, -0.25) is 0 Å². The molecule has 0 aromatic carbocycles. The Balaban J connectivity index is 0. The molecule has 0 saturated heterocycles. The number of hydrogen-bond donors (Lipinski definition) is 0. The van der Waals surface area contributed by atoms with E-state index in [-0.39, 0.29) is 56.4 Å². The molecule has 0 aliphatic rings. The van der Waals surface area contributed by atoms with Gasteiger partial charge in [-0.15, -0.1) is 12.2 Å². The third-order valence-corrected chi connectivity index (χ3v) is 1.13. The summed E-state index contributed by atoms with van der Waals surface area (Å²) < 4.78 is 0. The van der Waals surface area contributed by atoms with E-state index < -0.39 is 0 Å². The minimum atomic E-state index is -0.112. The molecule has 0 saturated carbocycles. The topological polar surface area (TPSA) is 23.1 Å². The Morgan fingerprint density at radius 2 is 2.00 bits per heavy atom. The van der Waals surface area contributed by atoms with Crippen LogP contribution < -0.4 is 56.5 Å². The standard InChI is InChI=1S/C6H12OS.K/c1-5(2)3-4-6(7)8;/h5H,3-4H2,1-2H3,(H,7,8);/q;+1/p-1. The third kappa shape index (κ3) is 12.7. The molecule has 0 N–H and O–H groups in total. The molecule has 0 aromatic heterocycles. The van der Waals surface area contributed by atoms with Gasteiger partial charge in [-0.2, -0.15) is 0 Å². The molecule has 0 rings (SSSR count). The van der Waals surface area contributed by atoms with Gasteiger partial charge in [0.05, 0.1) is 0 Å². The number of hydrogen-bond acceptors (Lipinski definition) is 2. The van der Waals surface area contributed by atoms with Crippen molar-refractivity contribution >= 4 is 17.3 Å². The van der Waals surface area contributed by atoms with Crippen molar-refractivity contribution in [2.24, 2.45) is 5.92 Å². The van der Waals surface area contributed by atoms with Crippen LogP contribution in [0.5, 0.6) is 0 Å². The second kappa shape index (κ2) is 7.63. The van der Waals surface area contributed by atoms with E-state index in [2.05, 4.69) is 26.1 Å². The van der Waals surface area contributed by atoms with Gasteiger partial charge in [-0.1, -0.05) is 18.9 Å². The minimum absolute atomic E-state index is 0. The molecular formula is C6H11KOS. The zero-order valence-corrected chi connectivity index (χ0v) is 10.2. The first-order chi connectivity index (χ1) is 3.63. The summed E-state index contributed by atoms with van der Waals surface area (Å²) >= 11 is 4.36. The van der Waals surface area contributed by atoms with Gasteiger partial charge in [0.2, 0.25) is 0 Å². The van der Waals surface area contributed by atoms with E-state index in [1.807, 2.05) is 0 Å². The first kappa shape index (κ1) is 13.1. The molecule has 0 bridgehead atoms.